The van der Waals surface area contributed by atoms with Gasteiger partial charge in [-0.2, -0.15) is 0 Å². The van der Waals surface area contributed by atoms with Crippen LogP contribution < -0.4 is 5.32 Å². The SMILES string of the molecule is CC(=O)C1CCC2C3CC[C@@H]4C[C@H](OC(=O)[C@H](CC(=O)O)Nc5ccc(N=O)c6nonc56)CC[C@]4(C)C3CC[C@]12C. The molecular formula is C31H40N4O7. The van der Waals surface area contributed by atoms with Crippen LogP contribution in [0.1, 0.15) is 85.0 Å². The molecule has 4 aliphatic rings. The molecule has 1 heterocycles. The van der Waals surface area contributed by atoms with Gasteiger partial charge in [-0.1, -0.05) is 13.8 Å². The second-order valence-electron chi connectivity index (χ2n) is 13.8. The van der Waals surface area contributed by atoms with Crippen molar-refractivity contribution in [1.29, 1.82) is 0 Å². The van der Waals surface area contributed by atoms with Gasteiger partial charge in [0.1, 0.15) is 23.6 Å². The van der Waals surface area contributed by atoms with E-state index in [1.807, 2.05) is 0 Å². The van der Waals surface area contributed by atoms with Gasteiger partial charge < -0.3 is 15.2 Å². The molecule has 1 aromatic carbocycles. The number of aliphatic carboxylic acids is 1. The molecule has 6 rings (SSSR count). The largest absolute Gasteiger partial charge is 0.481 e. The molecule has 4 saturated carbocycles. The number of carbonyl (C=O) groups is 3. The van der Waals surface area contributed by atoms with Gasteiger partial charge in [0.15, 0.2) is 11.0 Å². The summed E-state index contributed by atoms with van der Waals surface area (Å²) in [6.07, 6.45) is 8.45. The smallest absolute Gasteiger partial charge is 0.329 e. The highest BCUT2D eigenvalue weighted by molar-refractivity contribution is 5.96. The van der Waals surface area contributed by atoms with Gasteiger partial charge in [-0.15, -0.1) is 4.91 Å². The molecule has 226 valence electrons. The van der Waals surface area contributed by atoms with E-state index in [9.17, 15) is 24.4 Å². The minimum atomic E-state index is -1.16. The lowest BCUT2D eigenvalue weighted by Crippen LogP contribution is -2.54. The average molecular weight is 581 g/mol. The number of carbonyl (C=O) groups excluding carboxylic acids is 2. The second-order valence-corrected chi connectivity index (χ2v) is 13.8. The molecule has 0 aliphatic heterocycles. The Morgan fingerprint density at radius 3 is 2.52 bits per heavy atom. The summed E-state index contributed by atoms with van der Waals surface area (Å²) in [5.41, 5.74) is 0.952. The minimum absolute atomic E-state index is 0.0309. The van der Waals surface area contributed by atoms with E-state index in [2.05, 4.69) is 34.7 Å². The van der Waals surface area contributed by atoms with Crippen LogP contribution >= 0.6 is 0 Å². The van der Waals surface area contributed by atoms with E-state index < -0.39 is 24.4 Å². The van der Waals surface area contributed by atoms with Crippen molar-refractivity contribution in [2.75, 3.05) is 5.32 Å². The van der Waals surface area contributed by atoms with E-state index in [0.717, 1.165) is 57.8 Å². The molecule has 4 unspecified atom stereocenters. The normalized spacial score (nSPS) is 36.3. The predicted octanol–water partition coefficient (Wildman–Crippen LogP) is 6.04. The van der Waals surface area contributed by atoms with E-state index in [-0.39, 0.29) is 39.6 Å². The highest BCUT2D eigenvalue weighted by Gasteiger charge is 2.61. The van der Waals surface area contributed by atoms with Crippen LogP contribution in [0, 0.1) is 45.3 Å². The fourth-order valence-corrected chi connectivity index (χ4v) is 9.84. The van der Waals surface area contributed by atoms with Crippen molar-refractivity contribution in [3.05, 3.63) is 17.0 Å². The number of fused-ring (bicyclic) bond motifs is 6. The van der Waals surface area contributed by atoms with Crippen molar-refractivity contribution in [3.63, 3.8) is 0 Å². The zero-order valence-corrected chi connectivity index (χ0v) is 24.5. The van der Waals surface area contributed by atoms with Gasteiger partial charge in [0.25, 0.3) is 0 Å². The number of nitroso groups, excluding NO2 is 1. The van der Waals surface area contributed by atoms with Gasteiger partial charge in [0, 0.05) is 5.92 Å². The lowest BCUT2D eigenvalue weighted by atomic mass is 9.44. The third-order valence-electron chi connectivity index (χ3n) is 11.9. The number of carboxylic acid groups (broad SMARTS) is 1. The first-order chi connectivity index (χ1) is 20.0. The predicted molar refractivity (Wildman–Crippen MR) is 153 cm³/mol. The highest BCUT2D eigenvalue weighted by atomic mass is 16.6. The first kappa shape index (κ1) is 28.7. The van der Waals surface area contributed by atoms with Crippen LogP contribution in [0.4, 0.5) is 11.4 Å². The number of hydrogen-bond donors (Lipinski definition) is 2. The van der Waals surface area contributed by atoms with Crippen molar-refractivity contribution in [2.45, 2.75) is 97.1 Å². The number of nitrogens with one attached hydrogen (secondary N) is 1. The quantitative estimate of drug-likeness (QED) is 0.278. The number of anilines is 1. The van der Waals surface area contributed by atoms with Crippen molar-refractivity contribution in [2.24, 2.45) is 45.6 Å². The Morgan fingerprint density at radius 2 is 1.79 bits per heavy atom. The summed E-state index contributed by atoms with van der Waals surface area (Å²) in [5.74, 6) is 1.11. The third kappa shape index (κ3) is 4.68. The van der Waals surface area contributed by atoms with E-state index in [1.165, 1.54) is 12.1 Å². The Labute approximate surface area is 244 Å². The van der Waals surface area contributed by atoms with Crippen LogP contribution in [0.15, 0.2) is 21.9 Å². The number of ketones is 1. The standard InChI is InChI=1S/C31H40N4O7/c1-16(36)20-6-7-21-19-5-4-17-14-18(10-12-30(17,2)22(19)11-13-31(20,21)3)41-29(39)25(15-26(37)38)32-23-8-9-24(33-40)28-27(23)34-42-35-28/h8-9,17-22,25,32H,4-7,10-15H2,1-3H3,(H,37,38)/t17-,18-,19?,20?,21?,22?,25+,30+,31-/m1/s1. The summed E-state index contributed by atoms with van der Waals surface area (Å²) >= 11 is 0. The first-order valence-electron chi connectivity index (χ1n) is 15.3. The van der Waals surface area contributed by atoms with E-state index in [1.54, 1.807) is 6.92 Å². The molecule has 2 N–H and O–H groups in total. The van der Waals surface area contributed by atoms with Crippen LogP contribution in [0.5, 0.6) is 0 Å². The van der Waals surface area contributed by atoms with E-state index in [0.29, 0.717) is 35.1 Å². The van der Waals surface area contributed by atoms with E-state index in [4.69, 9.17) is 9.37 Å². The molecule has 0 saturated heterocycles. The summed E-state index contributed by atoms with van der Waals surface area (Å²) in [4.78, 5) is 48.6. The van der Waals surface area contributed by atoms with Crippen molar-refractivity contribution in [3.8, 4) is 0 Å². The Morgan fingerprint density at radius 1 is 1.05 bits per heavy atom. The molecule has 4 fully saturated rings. The lowest BCUT2D eigenvalue weighted by Gasteiger charge is -2.61. The molecular weight excluding hydrogens is 540 g/mol. The van der Waals surface area contributed by atoms with Gasteiger partial charge in [-0.05, 0) is 127 Å². The topological polar surface area (TPSA) is 161 Å². The van der Waals surface area contributed by atoms with Crippen molar-refractivity contribution >= 4 is 40.1 Å². The van der Waals surface area contributed by atoms with Crippen LogP contribution in [0.3, 0.4) is 0 Å². The average Bonchev–Trinajstić information content (AvgIpc) is 3.58. The first-order valence-corrected chi connectivity index (χ1v) is 15.3. The molecule has 11 nitrogen and oxygen atoms in total. The molecule has 0 amide bonds. The summed E-state index contributed by atoms with van der Waals surface area (Å²) in [6, 6.07) is 1.74. The fourth-order valence-electron chi connectivity index (χ4n) is 9.84. The molecule has 0 radical (unpaired) electrons. The van der Waals surface area contributed by atoms with Crippen LogP contribution in [0.2, 0.25) is 0 Å². The zero-order chi connectivity index (χ0) is 29.8. The van der Waals surface area contributed by atoms with Gasteiger partial charge in [0.2, 0.25) is 0 Å². The Kier molecular flexibility index (Phi) is 7.33. The molecule has 0 bridgehead atoms. The number of aromatic nitrogens is 2. The third-order valence-corrected chi connectivity index (χ3v) is 11.9. The summed E-state index contributed by atoms with van der Waals surface area (Å²) in [7, 11) is 0. The maximum absolute atomic E-state index is 13.4. The number of esters is 1. The molecule has 9 atom stereocenters. The van der Waals surface area contributed by atoms with Crippen LogP contribution in [-0.2, 0) is 19.1 Å². The maximum atomic E-state index is 13.4. The molecule has 0 spiro atoms. The van der Waals surface area contributed by atoms with Crippen molar-refractivity contribution in [1.82, 2.24) is 10.3 Å². The summed E-state index contributed by atoms with van der Waals surface area (Å²) in [5, 5.41) is 22.9. The summed E-state index contributed by atoms with van der Waals surface area (Å²) < 4.78 is 10.7. The van der Waals surface area contributed by atoms with Gasteiger partial charge in [0.05, 0.1) is 12.1 Å². The Balaban J connectivity index is 1.13. The fraction of sp³-hybridized carbons (Fsp3) is 0.710. The molecule has 42 heavy (non-hydrogen) atoms. The van der Waals surface area contributed by atoms with Crippen LogP contribution in [0.25, 0.3) is 11.0 Å². The number of hydrogen-bond acceptors (Lipinski definition) is 10. The van der Waals surface area contributed by atoms with Gasteiger partial charge >= 0.3 is 11.9 Å². The summed E-state index contributed by atoms with van der Waals surface area (Å²) in [6.45, 7) is 6.59. The zero-order valence-electron chi connectivity index (χ0n) is 24.5. The van der Waals surface area contributed by atoms with Gasteiger partial charge in [-0.25, -0.2) is 9.42 Å². The number of ether oxygens (including phenoxy) is 1. The number of Topliss-reactive ketones (excluding diaryl/α,β-unsaturated/α-hetero) is 1. The number of rotatable bonds is 8. The van der Waals surface area contributed by atoms with E-state index >= 15 is 0 Å². The van der Waals surface area contributed by atoms with Crippen molar-refractivity contribution < 1.29 is 28.9 Å². The number of nitrogens with zero attached hydrogens (tertiary/aromatic N) is 3. The minimum Gasteiger partial charge on any atom is -0.481 e. The molecule has 2 aromatic rings. The van der Waals surface area contributed by atoms with Gasteiger partial charge in [-0.3, -0.25) is 9.59 Å². The Hall–Kier alpha value is -3.37. The van der Waals surface area contributed by atoms with Crippen LogP contribution in [-0.4, -0.2) is 45.3 Å². The lowest BCUT2D eigenvalue weighted by molar-refractivity contribution is -0.165. The molecule has 1 aromatic heterocycles. The monoisotopic (exact) mass is 580 g/mol. The Bertz CT molecular complexity index is 1410. The highest BCUT2D eigenvalue weighted by Crippen LogP contribution is 2.67. The second kappa shape index (κ2) is 10.7. The maximum Gasteiger partial charge on any atom is 0.329 e. The number of benzene rings is 1. The molecule has 4 aliphatic carbocycles. The number of carboxylic acids is 1. The molecule has 11 heteroatoms.